The number of nitrogens with two attached hydrogens (primary N) is 1. The first kappa shape index (κ1) is 11.6. The van der Waals surface area contributed by atoms with Crippen molar-refractivity contribution in [2.75, 3.05) is 0 Å². The van der Waals surface area contributed by atoms with Gasteiger partial charge in [0.15, 0.2) is 0 Å². The molecular weight excluding hydrogens is 212 g/mol. The third-order valence-electron chi connectivity index (χ3n) is 3.03. The number of nitrogens with zero attached hydrogens (tertiary/aromatic N) is 3. The molecule has 0 aliphatic carbocycles. The summed E-state index contributed by atoms with van der Waals surface area (Å²) in [6.45, 7) is 6.29. The summed E-state index contributed by atoms with van der Waals surface area (Å²) in [6, 6.07) is 6.11. The van der Waals surface area contributed by atoms with Gasteiger partial charge in [-0.3, -0.25) is 0 Å². The van der Waals surface area contributed by atoms with E-state index in [9.17, 15) is 0 Å². The van der Waals surface area contributed by atoms with Gasteiger partial charge in [0.2, 0.25) is 0 Å². The Labute approximate surface area is 101 Å². The standard InChI is InChI=1S/C13H16N4/c1-8-6-11-12(7-9(8)2)17(5-4-14)13(16-11)10(3)15/h6-7,10H,5,15H2,1-3H3. The Balaban J connectivity index is 2.76. The van der Waals surface area contributed by atoms with Crippen LogP contribution in [0.4, 0.5) is 0 Å². The van der Waals surface area contributed by atoms with Crippen molar-refractivity contribution in [1.29, 1.82) is 5.26 Å². The predicted molar refractivity (Wildman–Crippen MR) is 67.4 cm³/mol. The zero-order valence-electron chi connectivity index (χ0n) is 10.4. The second-order valence-corrected chi connectivity index (χ2v) is 4.43. The lowest BCUT2D eigenvalue weighted by Crippen LogP contribution is -2.13. The van der Waals surface area contributed by atoms with E-state index in [1.165, 1.54) is 11.1 Å². The summed E-state index contributed by atoms with van der Waals surface area (Å²) in [4.78, 5) is 4.52. The van der Waals surface area contributed by atoms with Crippen molar-refractivity contribution in [3.8, 4) is 6.07 Å². The van der Waals surface area contributed by atoms with Gasteiger partial charge in [0.25, 0.3) is 0 Å². The molecule has 0 aliphatic heterocycles. The zero-order valence-corrected chi connectivity index (χ0v) is 10.4. The molecule has 1 aromatic heterocycles. The number of benzene rings is 1. The van der Waals surface area contributed by atoms with E-state index in [1.54, 1.807) is 0 Å². The van der Waals surface area contributed by atoms with Crippen molar-refractivity contribution < 1.29 is 0 Å². The van der Waals surface area contributed by atoms with Crippen molar-refractivity contribution in [2.24, 2.45) is 5.73 Å². The molecule has 2 N–H and O–H groups in total. The van der Waals surface area contributed by atoms with Crippen LogP contribution in [0.25, 0.3) is 11.0 Å². The van der Waals surface area contributed by atoms with Gasteiger partial charge in [-0.25, -0.2) is 4.98 Å². The smallest absolute Gasteiger partial charge is 0.127 e. The van der Waals surface area contributed by atoms with Gasteiger partial charge in [0, 0.05) is 0 Å². The third-order valence-corrected chi connectivity index (χ3v) is 3.03. The van der Waals surface area contributed by atoms with Crippen molar-refractivity contribution in [2.45, 2.75) is 33.4 Å². The highest BCUT2D eigenvalue weighted by Gasteiger charge is 2.14. The molecule has 0 radical (unpaired) electrons. The summed E-state index contributed by atoms with van der Waals surface area (Å²) in [5.74, 6) is 0.770. The number of hydrogen-bond acceptors (Lipinski definition) is 3. The van der Waals surface area contributed by atoms with E-state index in [0.717, 1.165) is 16.9 Å². The molecule has 0 bridgehead atoms. The molecule has 1 heterocycles. The maximum Gasteiger partial charge on any atom is 0.127 e. The fourth-order valence-electron chi connectivity index (χ4n) is 1.98. The van der Waals surface area contributed by atoms with Crippen molar-refractivity contribution in [3.05, 3.63) is 29.1 Å². The van der Waals surface area contributed by atoms with Crippen LogP contribution in [-0.2, 0) is 6.54 Å². The van der Waals surface area contributed by atoms with Crippen LogP contribution in [0.15, 0.2) is 12.1 Å². The number of nitriles is 1. The molecule has 0 spiro atoms. The Morgan fingerprint density at radius 3 is 2.65 bits per heavy atom. The Bertz CT molecular complexity index is 602. The highest BCUT2D eigenvalue weighted by Crippen LogP contribution is 2.23. The first-order valence-corrected chi connectivity index (χ1v) is 5.64. The number of rotatable bonds is 2. The predicted octanol–water partition coefficient (Wildman–Crippen LogP) is 2.20. The summed E-state index contributed by atoms with van der Waals surface area (Å²) in [7, 11) is 0. The van der Waals surface area contributed by atoms with Crippen LogP contribution < -0.4 is 5.73 Å². The highest BCUT2D eigenvalue weighted by atomic mass is 15.1. The van der Waals surface area contributed by atoms with Crippen molar-refractivity contribution in [3.63, 3.8) is 0 Å². The largest absolute Gasteiger partial charge is 0.322 e. The maximum atomic E-state index is 8.89. The van der Waals surface area contributed by atoms with Gasteiger partial charge in [0.05, 0.1) is 23.1 Å². The van der Waals surface area contributed by atoms with E-state index < -0.39 is 0 Å². The van der Waals surface area contributed by atoms with Crippen molar-refractivity contribution >= 4 is 11.0 Å². The van der Waals surface area contributed by atoms with Gasteiger partial charge in [0.1, 0.15) is 12.4 Å². The fraction of sp³-hybridized carbons (Fsp3) is 0.385. The molecule has 0 aliphatic rings. The lowest BCUT2D eigenvalue weighted by atomic mass is 10.1. The average molecular weight is 228 g/mol. The Hall–Kier alpha value is -1.86. The Kier molecular flexibility index (Phi) is 2.86. The molecule has 4 nitrogen and oxygen atoms in total. The number of aryl methyl sites for hydroxylation is 2. The van der Waals surface area contributed by atoms with E-state index in [0.29, 0.717) is 0 Å². The van der Waals surface area contributed by atoms with Gasteiger partial charge in [-0.2, -0.15) is 5.26 Å². The molecule has 2 rings (SSSR count). The van der Waals surface area contributed by atoms with Gasteiger partial charge in [-0.05, 0) is 44.0 Å². The molecule has 1 atom stereocenters. The van der Waals surface area contributed by atoms with Crippen LogP contribution in [0.5, 0.6) is 0 Å². The number of aromatic nitrogens is 2. The Morgan fingerprint density at radius 1 is 1.41 bits per heavy atom. The number of hydrogen-bond donors (Lipinski definition) is 1. The lowest BCUT2D eigenvalue weighted by molar-refractivity contribution is 0.674. The second-order valence-electron chi connectivity index (χ2n) is 4.43. The van der Waals surface area contributed by atoms with Gasteiger partial charge < -0.3 is 10.3 Å². The SMILES string of the molecule is Cc1cc2nc(C(C)N)n(CC#N)c2cc1C. The molecule has 17 heavy (non-hydrogen) atoms. The average Bonchev–Trinajstić information content (AvgIpc) is 2.59. The van der Waals surface area contributed by atoms with Gasteiger partial charge >= 0.3 is 0 Å². The summed E-state index contributed by atoms with van der Waals surface area (Å²) >= 11 is 0. The van der Waals surface area contributed by atoms with Crippen molar-refractivity contribution in [1.82, 2.24) is 9.55 Å². The zero-order chi connectivity index (χ0) is 12.6. The highest BCUT2D eigenvalue weighted by molar-refractivity contribution is 5.78. The van der Waals surface area contributed by atoms with Gasteiger partial charge in [-0.1, -0.05) is 0 Å². The topological polar surface area (TPSA) is 67.6 Å². The second kappa shape index (κ2) is 4.19. The van der Waals surface area contributed by atoms with E-state index >= 15 is 0 Å². The number of imidazole rings is 1. The molecule has 0 saturated carbocycles. The quantitative estimate of drug-likeness (QED) is 0.856. The van der Waals surface area contributed by atoms with E-state index in [2.05, 4.69) is 31.0 Å². The molecule has 4 heteroatoms. The van der Waals surface area contributed by atoms with Crippen LogP contribution >= 0.6 is 0 Å². The maximum absolute atomic E-state index is 8.89. The molecule has 1 unspecified atom stereocenters. The fourth-order valence-corrected chi connectivity index (χ4v) is 1.98. The minimum Gasteiger partial charge on any atom is -0.322 e. The normalized spacial score (nSPS) is 12.6. The summed E-state index contributed by atoms with van der Waals surface area (Å²) < 4.78 is 1.90. The van der Waals surface area contributed by atoms with Crippen LogP contribution in [-0.4, -0.2) is 9.55 Å². The van der Waals surface area contributed by atoms with E-state index in [1.807, 2.05) is 17.6 Å². The summed E-state index contributed by atoms with van der Waals surface area (Å²) in [5, 5.41) is 8.89. The minimum atomic E-state index is -0.170. The van der Waals surface area contributed by atoms with Gasteiger partial charge in [-0.15, -0.1) is 0 Å². The Morgan fingerprint density at radius 2 is 2.06 bits per heavy atom. The molecule has 0 saturated heterocycles. The van der Waals surface area contributed by atoms with E-state index in [4.69, 9.17) is 11.0 Å². The molecule has 0 amide bonds. The van der Waals surface area contributed by atoms with Crippen LogP contribution in [0.2, 0.25) is 0 Å². The first-order valence-electron chi connectivity index (χ1n) is 5.64. The molecule has 2 aromatic rings. The monoisotopic (exact) mass is 228 g/mol. The van der Waals surface area contributed by atoms with Crippen LogP contribution in [0, 0.1) is 25.2 Å². The summed E-state index contributed by atoms with van der Waals surface area (Å²) in [6.07, 6.45) is 0. The molecule has 1 aromatic carbocycles. The molecule has 88 valence electrons. The summed E-state index contributed by atoms with van der Waals surface area (Å²) in [5.41, 5.74) is 10.2. The molecule has 0 fully saturated rings. The van der Waals surface area contributed by atoms with Crippen LogP contribution in [0.3, 0.4) is 0 Å². The third kappa shape index (κ3) is 1.90. The van der Waals surface area contributed by atoms with E-state index in [-0.39, 0.29) is 12.6 Å². The molecular formula is C13H16N4. The lowest BCUT2D eigenvalue weighted by Gasteiger charge is -2.07. The number of fused-ring (bicyclic) bond motifs is 1. The van der Waals surface area contributed by atoms with Crippen LogP contribution in [0.1, 0.15) is 29.9 Å². The minimum absolute atomic E-state index is 0.170. The first-order chi connectivity index (χ1) is 8.04.